The lowest BCUT2D eigenvalue weighted by atomic mass is 9.55. The first-order valence-electron chi connectivity index (χ1n) is 17.8. The van der Waals surface area contributed by atoms with Crippen molar-refractivity contribution < 1.29 is 32.5 Å². The van der Waals surface area contributed by atoms with Crippen molar-refractivity contribution in [1.29, 1.82) is 0 Å². The van der Waals surface area contributed by atoms with Crippen LogP contribution in [-0.4, -0.2) is 35.7 Å². The smallest absolute Gasteiger partial charge is 0.303 e. The predicted octanol–water partition coefficient (Wildman–Crippen LogP) is 10.6. The molecule has 0 N–H and O–H groups in total. The molecule has 0 aliphatic heterocycles. The third-order valence-electron chi connectivity index (χ3n) is 12.2. The zero-order valence-electron chi connectivity index (χ0n) is 33.3. The molecule has 0 atom stereocenters. The van der Waals surface area contributed by atoms with Gasteiger partial charge in [0.25, 0.3) is 0 Å². The number of phosphoric acid groups is 1. The Bertz CT molecular complexity index is 1070. The Morgan fingerprint density at radius 1 is 0.383 bits per heavy atom. The van der Waals surface area contributed by atoms with Gasteiger partial charge in [-0.25, -0.2) is 4.57 Å². The Labute approximate surface area is 287 Å². The van der Waals surface area contributed by atoms with E-state index in [1.165, 1.54) is 0 Å². The van der Waals surface area contributed by atoms with Gasteiger partial charge in [0.05, 0.1) is 16.2 Å². The minimum absolute atomic E-state index is 0.578. The van der Waals surface area contributed by atoms with Gasteiger partial charge in [0.2, 0.25) is 0 Å². The van der Waals surface area contributed by atoms with Crippen LogP contribution in [0.25, 0.3) is 0 Å². The van der Waals surface area contributed by atoms with Gasteiger partial charge in [0, 0.05) is 0 Å². The number of rotatable bonds is 12. The fourth-order valence-electron chi connectivity index (χ4n) is 11.6. The first-order valence-corrected chi connectivity index (χ1v) is 19.2. The zero-order valence-corrected chi connectivity index (χ0v) is 34.2. The molecule has 0 aromatic carbocycles. The second-order valence-electron chi connectivity index (χ2n) is 21.6. The molecule has 272 valence electrons. The predicted molar refractivity (Wildman–Crippen MR) is 189 cm³/mol. The first kappa shape index (κ1) is 40.5. The molecule has 3 saturated carbocycles. The Morgan fingerprint density at radius 3 is 0.617 bits per heavy atom. The highest BCUT2D eigenvalue weighted by atomic mass is 31.2. The van der Waals surface area contributed by atoms with Crippen molar-refractivity contribution in [2.45, 2.75) is 180 Å². The second-order valence-corrected chi connectivity index (χ2v) is 23.0. The summed E-state index contributed by atoms with van der Waals surface area (Å²) in [5.74, 6) is 0. The highest BCUT2D eigenvalue weighted by molar-refractivity contribution is 7.48. The quantitative estimate of drug-likeness (QED) is 0.149. The van der Waals surface area contributed by atoms with Gasteiger partial charge in [-0.3, -0.25) is 13.6 Å². The largest absolute Gasteiger partial charge is 0.476 e. The second kappa shape index (κ2) is 11.1. The fourth-order valence-corrected chi connectivity index (χ4v) is 14.9. The molecule has 0 unspecified atom stereocenters. The summed E-state index contributed by atoms with van der Waals surface area (Å²) in [5.41, 5.74) is -11.0. The molecule has 7 nitrogen and oxygen atoms in total. The summed E-state index contributed by atoms with van der Waals surface area (Å²) < 4.78 is 38.7. The molecule has 0 aromatic heterocycles. The van der Waals surface area contributed by atoms with Crippen molar-refractivity contribution in [3.63, 3.8) is 0 Å². The Hall–Kier alpha value is -0.880. The molecule has 8 heteroatoms. The summed E-state index contributed by atoms with van der Waals surface area (Å²) in [6.45, 7) is 36.4. The molecule has 0 radical (unpaired) electrons. The lowest BCUT2D eigenvalue weighted by Gasteiger charge is -2.62. The summed E-state index contributed by atoms with van der Waals surface area (Å²) in [7, 11) is -4.85. The van der Waals surface area contributed by atoms with E-state index in [0.29, 0.717) is 38.5 Å². The lowest BCUT2D eigenvalue weighted by molar-refractivity contribution is -0.236. The van der Waals surface area contributed by atoms with Crippen LogP contribution >= 0.6 is 7.82 Å². The number of carbonyl (C=O) groups is 3. The standard InChI is InChI=1S/C39H69O7P/c1-28(2,3)37(29(4,5)6,34(25-40)19-20-34)44-47(43,45-38(30(7,8)9,31(10,11)12)35(26-41)21-22-35)46-39(32(13,14)15,33(16,17)18)36(27-42)23-24-36/h25-27H,19-24H2,1-18H3. The van der Waals surface area contributed by atoms with Crippen LogP contribution in [0, 0.1) is 48.7 Å². The van der Waals surface area contributed by atoms with E-state index in [1.807, 2.05) is 125 Å². The fraction of sp³-hybridized carbons (Fsp3) is 0.923. The lowest BCUT2D eigenvalue weighted by Crippen LogP contribution is -2.66. The van der Waals surface area contributed by atoms with Gasteiger partial charge in [-0.15, -0.1) is 0 Å². The highest BCUT2D eigenvalue weighted by Crippen LogP contribution is 2.80. The first-order chi connectivity index (χ1) is 20.7. The summed E-state index contributed by atoms with van der Waals surface area (Å²) >= 11 is 0. The van der Waals surface area contributed by atoms with Gasteiger partial charge < -0.3 is 14.4 Å². The van der Waals surface area contributed by atoms with Crippen LogP contribution in [0.4, 0.5) is 0 Å². The molecule has 3 aliphatic carbocycles. The van der Waals surface area contributed by atoms with Crippen LogP contribution in [0.1, 0.15) is 163 Å². The van der Waals surface area contributed by atoms with Gasteiger partial charge >= 0.3 is 7.82 Å². The van der Waals surface area contributed by atoms with E-state index < -0.39 is 73.4 Å². The van der Waals surface area contributed by atoms with E-state index in [2.05, 4.69) is 0 Å². The van der Waals surface area contributed by atoms with Crippen LogP contribution in [0.5, 0.6) is 0 Å². The molecule has 0 saturated heterocycles. The maximum absolute atomic E-state index is 16.7. The van der Waals surface area contributed by atoms with Crippen LogP contribution in [-0.2, 0) is 32.5 Å². The Balaban J connectivity index is 2.58. The number of phosphoric ester groups is 1. The minimum atomic E-state index is -4.85. The molecule has 3 rings (SSSR count). The number of hydrogen-bond acceptors (Lipinski definition) is 7. The third kappa shape index (κ3) is 5.63. The summed E-state index contributed by atoms with van der Waals surface area (Å²) in [6, 6.07) is 0. The molecule has 3 aliphatic rings. The van der Waals surface area contributed by atoms with Gasteiger partial charge in [0.1, 0.15) is 35.7 Å². The topological polar surface area (TPSA) is 96.0 Å². The van der Waals surface area contributed by atoms with Gasteiger partial charge in [-0.1, -0.05) is 125 Å². The molecular formula is C39H69O7P. The summed E-state index contributed by atoms with van der Waals surface area (Å²) in [4.78, 5) is 39.6. The average Bonchev–Trinajstić information content (AvgIpc) is 3.74. The Kier molecular flexibility index (Phi) is 9.54. The molecule has 0 amide bonds. The maximum atomic E-state index is 16.7. The van der Waals surface area contributed by atoms with Crippen LogP contribution < -0.4 is 0 Å². The van der Waals surface area contributed by atoms with Crippen molar-refractivity contribution >= 4 is 26.7 Å². The van der Waals surface area contributed by atoms with E-state index in [1.54, 1.807) is 0 Å². The number of aldehydes is 3. The molecule has 47 heavy (non-hydrogen) atoms. The molecule has 0 spiro atoms. The van der Waals surface area contributed by atoms with E-state index in [-0.39, 0.29) is 0 Å². The zero-order chi connectivity index (χ0) is 37.0. The molecule has 0 heterocycles. The molecule has 0 aromatic rings. The number of hydrogen-bond donors (Lipinski definition) is 0. The monoisotopic (exact) mass is 680 g/mol. The van der Waals surface area contributed by atoms with Crippen molar-refractivity contribution in [3.05, 3.63) is 0 Å². The minimum Gasteiger partial charge on any atom is -0.303 e. The third-order valence-corrected chi connectivity index (χ3v) is 13.7. The molecule has 3 fully saturated rings. The van der Waals surface area contributed by atoms with Crippen LogP contribution in [0.15, 0.2) is 0 Å². The van der Waals surface area contributed by atoms with E-state index in [0.717, 1.165) is 18.9 Å². The highest BCUT2D eigenvalue weighted by Gasteiger charge is 2.78. The average molecular weight is 681 g/mol. The van der Waals surface area contributed by atoms with E-state index >= 15 is 4.57 Å². The SMILES string of the molecule is CC(C)(C)C(OP(=O)(OC(C(C)(C)C)(C(C)(C)C)C1(C=O)CC1)OC(C(C)(C)C)(C(C)(C)C)C1(C=O)CC1)(C(C)(C)C)C1(C=O)CC1. The van der Waals surface area contributed by atoms with Crippen molar-refractivity contribution in [2.75, 3.05) is 0 Å². The summed E-state index contributed by atoms with van der Waals surface area (Å²) in [5, 5.41) is 0. The summed E-state index contributed by atoms with van der Waals surface area (Å²) in [6.07, 6.45) is 6.42. The Morgan fingerprint density at radius 2 is 0.532 bits per heavy atom. The van der Waals surface area contributed by atoms with E-state index in [4.69, 9.17) is 13.6 Å². The van der Waals surface area contributed by atoms with Gasteiger partial charge in [0.15, 0.2) is 0 Å². The molecule has 0 bridgehead atoms. The van der Waals surface area contributed by atoms with Crippen LogP contribution in [0.2, 0.25) is 0 Å². The van der Waals surface area contributed by atoms with Crippen molar-refractivity contribution in [1.82, 2.24) is 0 Å². The van der Waals surface area contributed by atoms with Crippen LogP contribution in [0.3, 0.4) is 0 Å². The van der Waals surface area contributed by atoms with Gasteiger partial charge in [-0.2, -0.15) is 0 Å². The number of carbonyl (C=O) groups excluding carboxylic acids is 3. The normalized spacial score (nSPS) is 22.0. The van der Waals surface area contributed by atoms with Gasteiger partial charge in [-0.05, 0) is 71.0 Å². The molecular weight excluding hydrogens is 611 g/mol. The van der Waals surface area contributed by atoms with Crippen molar-refractivity contribution in [3.8, 4) is 0 Å². The van der Waals surface area contributed by atoms with Crippen molar-refractivity contribution in [2.24, 2.45) is 48.7 Å². The maximum Gasteiger partial charge on any atom is 0.476 e. The van der Waals surface area contributed by atoms with E-state index in [9.17, 15) is 14.4 Å².